The number of aryl methyl sites for hydroxylation is 2. The number of aliphatic imine (C=N–C) groups is 1. The van der Waals surface area contributed by atoms with Gasteiger partial charge in [0.25, 0.3) is 5.69 Å². The van der Waals surface area contributed by atoms with Gasteiger partial charge in [0, 0.05) is 23.4 Å². The van der Waals surface area contributed by atoms with E-state index in [2.05, 4.69) is 9.98 Å². The Kier molecular flexibility index (Phi) is 5.12. The van der Waals surface area contributed by atoms with Crippen LogP contribution < -0.4 is 4.74 Å². The molecule has 0 amide bonds. The van der Waals surface area contributed by atoms with Crippen molar-refractivity contribution < 1.29 is 19.2 Å². The maximum Gasteiger partial charge on any atom is 0.274 e. The number of phenols is 1. The molecule has 4 rings (SSSR count). The highest BCUT2D eigenvalue weighted by Crippen LogP contribution is 2.34. The van der Waals surface area contributed by atoms with E-state index in [0.29, 0.717) is 17.2 Å². The van der Waals surface area contributed by atoms with Crippen LogP contribution in [0.4, 0.5) is 11.4 Å². The molecule has 1 heterocycles. The lowest BCUT2D eigenvalue weighted by Gasteiger charge is -2.06. The minimum Gasteiger partial charge on any atom is -0.504 e. The molecule has 3 aromatic carbocycles. The summed E-state index contributed by atoms with van der Waals surface area (Å²) in [5.74, 6) is 0.246. The summed E-state index contributed by atoms with van der Waals surface area (Å²) in [6.45, 7) is 4.04. The molecule has 8 nitrogen and oxygen atoms in total. The highest BCUT2D eigenvalue weighted by atomic mass is 16.6. The van der Waals surface area contributed by atoms with Gasteiger partial charge in [-0.15, -0.1) is 0 Å². The average Bonchev–Trinajstić information content (AvgIpc) is 3.16. The Balaban J connectivity index is 1.69. The second-order valence-electron chi connectivity index (χ2n) is 7.07. The van der Waals surface area contributed by atoms with Gasteiger partial charge >= 0.3 is 0 Å². The zero-order valence-corrected chi connectivity index (χ0v) is 17.1. The third-order valence-electron chi connectivity index (χ3n) is 4.97. The summed E-state index contributed by atoms with van der Waals surface area (Å²) in [6, 6.07) is 13.5. The van der Waals surface area contributed by atoms with Crippen molar-refractivity contribution >= 4 is 28.7 Å². The van der Waals surface area contributed by atoms with Crippen molar-refractivity contribution in [2.75, 3.05) is 7.11 Å². The van der Waals surface area contributed by atoms with Crippen molar-refractivity contribution in [1.82, 2.24) is 4.98 Å². The fourth-order valence-electron chi connectivity index (χ4n) is 3.14. The lowest BCUT2D eigenvalue weighted by Crippen LogP contribution is -1.94. The first kappa shape index (κ1) is 20.1. The molecule has 4 aromatic rings. The van der Waals surface area contributed by atoms with E-state index in [1.54, 1.807) is 18.2 Å². The van der Waals surface area contributed by atoms with Crippen molar-refractivity contribution in [3.63, 3.8) is 0 Å². The average molecular weight is 417 g/mol. The molecule has 156 valence electrons. The molecule has 0 saturated carbocycles. The summed E-state index contributed by atoms with van der Waals surface area (Å²) in [4.78, 5) is 19.5. The van der Waals surface area contributed by atoms with Gasteiger partial charge in [0.2, 0.25) is 5.89 Å². The van der Waals surface area contributed by atoms with Crippen LogP contribution in [0.2, 0.25) is 0 Å². The molecule has 0 spiro atoms. The minimum atomic E-state index is -0.559. The Labute approximate surface area is 177 Å². The number of hydrogen-bond donors (Lipinski definition) is 1. The first-order valence-corrected chi connectivity index (χ1v) is 9.43. The lowest BCUT2D eigenvalue weighted by atomic mass is 10.1. The number of hydrogen-bond acceptors (Lipinski definition) is 7. The van der Waals surface area contributed by atoms with Gasteiger partial charge < -0.3 is 14.3 Å². The van der Waals surface area contributed by atoms with Gasteiger partial charge in [0.1, 0.15) is 5.52 Å². The summed E-state index contributed by atoms with van der Waals surface area (Å²) in [5.41, 5.74) is 5.02. The molecule has 8 heteroatoms. The normalized spacial score (nSPS) is 11.3. The number of nitro groups is 1. The molecule has 0 atom stereocenters. The predicted molar refractivity (Wildman–Crippen MR) is 117 cm³/mol. The highest BCUT2D eigenvalue weighted by molar-refractivity contribution is 5.88. The van der Waals surface area contributed by atoms with Crippen LogP contribution in [0.1, 0.15) is 16.7 Å². The standard InChI is InChI=1S/C23H19N3O5/c1-13-7-19-20(8-14(13)2)31-23(25-19)15-5-4-6-17(9-15)24-12-16-10-18(26(28)29)11-21(30-3)22(16)27/h4-12,27H,1-3H3. The number of methoxy groups -OCH3 is 1. The van der Waals surface area contributed by atoms with E-state index >= 15 is 0 Å². The summed E-state index contributed by atoms with van der Waals surface area (Å²) >= 11 is 0. The quantitative estimate of drug-likeness (QED) is 0.261. The van der Waals surface area contributed by atoms with Crippen LogP contribution >= 0.6 is 0 Å². The number of oxazole rings is 1. The second kappa shape index (κ2) is 7.91. The molecule has 1 aromatic heterocycles. The molecule has 0 aliphatic carbocycles. The molecule has 0 aliphatic heterocycles. The number of benzene rings is 3. The molecule has 31 heavy (non-hydrogen) atoms. The van der Waals surface area contributed by atoms with E-state index in [-0.39, 0.29) is 22.7 Å². The number of nitrogens with zero attached hydrogens (tertiary/aromatic N) is 3. The zero-order valence-electron chi connectivity index (χ0n) is 17.1. The van der Waals surface area contributed by atoms with Crippen LogP contribution in [0.3, 0.4) is 0 Å². The van der Waals surface area contributed by atoms with Crippen molar-refractivity contribution in [1.29, 1.82) is 0 Å². The predicted octanol–water partition coefficient (Wildman–Crippen LogP) is 5.48. The molecule has 1 N–H and O–H groups in total. The highest BCUT2D eigenvalue weighted by Gasteiger charge is 2.16. The van der Waals surface area contributed by atoms with Crippen molar-refractivity contribution in [2.45, 2.75) is 13.8 Å². The fourth-order valence-corrected chi connectivity index (χ4v) is 3.14. The molecule has 0 aliphatic rings. The van der Waals surface area contributed by atoms with Gasteiger partial charge in [0.15, 0.2) is 17.1 Å². The van der Waals surface area contributed by atoms with Gasteiger partial charge in [-0.2, -0.15) is 0 Å². The fraction of sp³-hybridized carbons (Fsp3) is 0.130. The lowest BCUT2D eigenvalue weighted by molar-refractivity contribution is -0.385. The first-order valence-electron chi connectivity index (χ1n) is 9.43. The third-order valence-corrected chi connectivity index (χ3v) is 4.97. The van der Waals surface area contributed by atoms with Crippen molar-refractivity contribution in [3.8, 4) is 23.0 Å². The largest absolute Gasteiger partial charge is 0.504 e. The van der Waals surface area contributed by atoms with E-state index in [9.17, 15) is 15.2 Å². The first-order chi connectivity index (χ1) is 14.9. The van der Waals surface area contributed by atoms with Crippen LogP contribution in [0.25, 0.3) is 22.6 Å². The number of aromatic nitrogens is 1. The van der Waals surface area contributed by atoms with Crippen LogP contribution in [0, 0.1) is 24.0 Å². The third kappa shape index (κ3) is 3.95. The van der Waals surface area contributed by atoms with Gasteiger partial charge in [-0.25, -0.2) is 4.98 Å². The maximum absolute atomic E-state index is 11.1. The topological polar surface area (TPSA) is 111 Å². The summed E-state index contributed by atoms with van der Waals surface area (Å²) < 4.78 is 10.9. The smallest absolute Gasteiger partial charge is 0.274 e. The van der Waals surface area contributed by atoms with E-state index < -0.39 is 4.92 Å². The van der Waals surface area contributed by atoms with Crippen LogP contribution in [0.5, 0.6) is 11.5 Å². The van der Waals surface area contributed by atoms with Crippen LogP contribution in [-0.4, -0.2) is 28.3 Å². The maximum atomic E-state index is 11.1. The van der Waals surface area contributed by atoms with E-state index in [1.165, 1.54) is 19.4 Å². The minimum absolute atomic E-state index is 0.00135. The second-order valence-corrected chi connectivity index (χ2v) is 7.07. The number of fused-ring (bicyclic) bond motifs is 1. The summed E-state index contributed by atoms with van der Waals surface area (Å²) in [7, 11) is 1.33. The Hall–Kier alpha value is -4.20. The van der Waals surface area contributed by atoms with Crippen molar-refractivity contribution in [2.24, 2.45) is 4.99 Å². The number of rotatable bonds is 5. The molecule has 0 bridgehead atoms. The van der Waals surface area contributed by atoms with E-state index in [4.69, 9.17) is 9.15 Å². The van der Waals surface area contributed by atoms with Gasteiger partial charge in [0.05, 0.1) is 23.8 Å². The molecule has 0 saturated heterocycles. The zero-order chi connectivity index (χ0) is 22.1. The van der Waals surface area contributed by atoms with Crippen LogP contribution in [0.15, 0.2) is 57.9 Å². The van der Waals surface area contributed by atoms with Gasteiger partial charge in [-0.3, -0.25) is 15.1 Å². The monoisotopic (exact) mass is 417 g/mol. The molecular formula is C23H19N3O5. The van der Waals surface area contributed by atoms with E-state index in [1.807, 2.05) is 32.0 Å². The number of non-ortho nitro benzene ring substituents is 1. The Morgan fingerprint density at radius 3 is 2.68 bits per heavy atom. The summed E-state index contributed by atoms with van der Waals surface area (Å²) in [5, 5.41) is 21.4. The summed E-state index contributed by atoms with van der Waals surface area (Å²) in [6.07, 6.45) is 1.35. The van der Waals surface area contributed by atoms with Crippen LogP contribution in [-0.2, 0) is 0 Å². The van der Waals surface area contributed by atoms with Gasteiger partial charge in [-0.05, 0) is 55.3 Å². The number of phenolic OH excluding ortho intramolecular Hbond substituents is 1. The van der Waals surface area contributed by atoms with E-state index in [0.717, 1.165) is 28.3 Å². The van der Waals surface area contributed by atoms with Gasteiger partial charge in [-0.1, -0.05) is 6.07 Å². The molecule has 0 unspecified atom stereocenters. The number of aromatic hydroxyl groups is 1. The molecular weight excluding hydrogens is 398 g/mol. The number of ether oxygens (including phenoxy) is 1. The SMILES string of the molecule is COc1cc([N+](=O)[O-])cc(C=Nc2cccc(-c3nc4cc(C)c(C)cc4o3)c2)c1O. The molecule has 0 radical (unpaired) electrons. The number of nitro benzene ring substituents is 1. The molecule has 0 fully saturated rings. The Morgan fingerprint density at radius 2 is 1.94 bits per heavy atom. The Morgan fingerprint density at radius 1 is 1.16 bits per heavy atom. The van der Waals surface area contributed by atoms with Crippen molar-refractivity contribution in [3.05, 3.63) is 75.3 Å². The Bertz CT molecular complexity index is 1300.